The van der Waals surface area contributed by atoms with E-state index in [2.05, 4.69) is 16.4 Å². The van der Waals surface area contributed by atoms with Gasteiger partial charge in [-0.3, -0.25) is 14.6 Å². The van der Waals surface area contributed by atoms with Crippen LogP contribution in [0.25, 0.3) is 11.1 Å². The molecule has 1 aromatic heterocycles. The number of halogens is 1. The predicted octanol–water partition coefficient (Wildman–Crippen LogP) is 3.18. The molecule has 3 N–H and O–H groups in total. The lowest BCUT2D eigenvalue weighted by Crippen LogP contribution is -2.50. The minimum Gasteiger partial charge on any atom is -0.380 e. The number of nitrogens with zero attached hydrogens (tertiary/aromatic N) is 3. The second-order valence-electron chi connectivity index (χ2n) is 8.06. The van der Waals surface area contributed by atoms with Gasteiger partial charge >= 0.3 is 0 Å². The SMILES string of the molecule is C\C=C/C=C\C=C\F.N#Cc1ccccc1-c1ccc(CNC(=O)C(O)C(O)C(=O)N2CCCC2)nc1. The van der Waals surface area contributed by atoms with Crippen molar-refractivity contribution in [1.82, 2.24) is 15.2 Å². The Balaban J connectivity index is 0.000000521. The molecule has 194 valence electrons. The molecule has 0 saturated carbocycles. The lowest BCUT2D eigenvalue weighted by atomic mass is 10.0. The Kier molecular flexibility index (Phi) is 12.4. The van der Waals surface area contributed by atoms with Crippen LogP contribution in [0.5, 0.6) is 0 Å². The number of rotatable bonds is 8. The molecule has 2 unspecified atom stereocenters. The molecule has 1 aliphatic heterocycles. The lowest BCUT2D eigenvalue weighted by molar-refractivity contribution is -0.152. The summed E-state index contributed by atoms with van der Waals surface area (Å²) >= 11 is 0. The number of aliphatic hydroxyl groups excluding tert-OH is 2. The standard InChI is InChI=1S/C21H22N4O4.C7H9F/c22-11-14-5-1-2-6-17(14)15-7-8-16(23-12-15)13-24-20(28)18(26)19(27)21(29)25-9-3-4-10-25;1-2-3-4-5-6-7-8/h1-2,5-8,12,18-19,26-27H,3-4,9-10,13H2,(H,24,28);2-7H,1H3/b;3-2-,5-4-,7-6+. The van der Waals surface area contributed by atoms with E-state index in [1.54, 1.807) is 42.6 Å². The summed E-state index contributed by atoms with van der Waals surface area (Å²) in [6.45, 7) is 2.98. The summed E-state index contributed by atoms with van der Waals surface area (Å²) in [5.41, 5.74) is 2.60. The van der Waals surface area contributed by atoms with Crippen molar-refractivity contribution < 1.29 is 24.2 Å². The van der Waals surface area contributed by atoms with E-state index in [9.17, 15) is 29.5 Å². The topological polar surface area (TPSA) is 127 Å². The maximum atomic E-state index is 12.1. The van der Waals surface area contributed by atoms with Crippen LogP contribution in [-0.2, 0) is 16.1 Å². The van der Waals surface area contributed by atoms with Crippen molar-refractivity contribution in [3.05, 3.63) is 90.6 Å². The number of carbonyl (C=O) groups excluding carboxylic acids is 2. The normalized spacial score (nSPS) is 14.8. The average molecular weight is 507 g/mol. The van der Waals surface area contributed by atoms with Crippen LogP contribution in [0.1, 0.15) is 31.0 Å². The predicted molar refractivity (Wildman–Crippen MR) is 138 cm³/mol. The van der Waals surface area contributed by atoms with Gasteiger partial charge in [0.1, 0.15) is 0 Å². The maximum absolute atomic E-state index is 12.1. The molecule has 0 bridgehead atoms. The molecular weight excluding hydrogens is 475 g/mol. The van der Waals surface area contributed by atoms with Crippen molar-refractivity contribution in [2.24, 2.45) is 0 Å². The third-order valence-electron chi connectivity index (χ3n) is 5.46. The van der Waals surface area contributed by atoms with E-state index in [4.69, 9.17) is 0 Å². The van der Waals surface area contributed by atoms with E-state index in [0.717, 1.165) is 24.0 Å². The van der Waals surface area contributed by atoms with Gasteiger partial charge in [0.2, 0.25) is 0 Å². The fraction of sp³-hybridized carbons (Fsp3) is 0.286. The Hall–Kier alpha value is -4.13. The van der Waals surface area contributed by atoms with Crippen molar-refractivity contribution in [3.8, 4) is 17.2 Å². The number of allylic oxidation sites excluding steroid dienone is 5. The number of amides is 2. The van der Waals surface area contributed by atoms with Gasteiger partial charge in [-0.1, -0.05) is 48.6 Å². The summed E-state index contributed by atoms with van der Waals surface area (Å²) in [5.74, 6) is -1.48. The van der Waals surface area contributed by atoms with Gasteiger partial charge in [-0.25, -0.2) is 4.39 Å². The van der Waals surface area contributed by atoms with Gasteiger partial charge in [-0.05, 0) is 38.0 Å². The number of nitrogens with one attached hydrogen (secondary N) is 1. The summed E-state index contributed by atoms with van der Waals surface area (Å²) in [6.07, 6.45) is 8.59. The molecule has 2 heterocycles. The number of pyridine rings is 1. The van der Waals surface area contributed by atoms with Gasteiger partial charge in [0.05, 0.1) is 30.2 Å². The largest absolute Gasteiger partial charge is 0.380 e. The highest BCUT2D eigenvalue weighted by Crippen LogP contribution is 2.22. The fourth-order valence-electron chi connectivity index (χ4n) is 3.49. The molecule has 2 aromatic rings. The first-order valence-electron chi connectivity index (χ1n) is 11.8. The highest BCUT2D eigenvalue weighted by atomic mass is 19.1. The zero-order chi connectivity index (χ0) is 27.0. The minimum absolute atomic E-state index is 0.0285. The molecule has 2 atom stereocenters. The van der Waals surface area contributed by atoms with Crippen LogP contribution in [0.4, 0.5) is 4.39 Å². The van der Waals surface area contributed by atoms with Crippen LogP contribution < -0.4 is 5.32 Å². The zero-order valence-electron chi connectivity index (χ0n) is 20.6. The van der Waals surface area contributed by atoms with Gasteiger partial charge in [0.25, 0.3) is 11.8 Å². The number of aliphatic hydroxyl groups is 2. The number of hydrogen-bond donors (Lipinski definition) is 3. The molecule has 0 radical (unpaired) electrons. The van der Waals surface area contributed by atoms with E-state index < -0.39 is 24.0 Å². The quantitative estimate of drug-likeness (QED) is 0.472. The van der Waals surface area contributed by atoms with Crippen molar-refractivity contribution in [2.75, 3.05) is 13.1 Å². The molecule has 1 aliphatic rings. The van der Waals surface area contributed by atoms with Gasteiger partial charge in [-0.15, -0.1) is 0 Å². The summed E-state index contributed by atoms with van der Waals surface area (Å²) in [5, 5.41) is 31.6. The monoisotopic (exact) mass is 506 g/mol. The van der Waals surface area contributed by atoms with Gasteiger partial charge in [0, 0.05) is 30.4 Å². The number of nitriles is 1. The second kappa shape index (κ2) is 15.8. The molecule has 37 heavy (non-hydrogen) atoms. The summed E-state index contributed by atoms with van der Waals surface area (Å²) in [4.78, 5) is 29.9. The number of aromatic nitrogens is 1. The summed E-state index contributed by atoms with van der Waals surface area (Å²) in [7, 11) is 0. The number of hydrogen-bond acceptors (Lipinski definition) is 6. The van der Waals surface area contributed by atoms with Crippen LogP contribution in [0, 0.1) is 11.3 Å². The van der Waals surface area contributed by atoms with Crippen molar-refractivity contribution in [1.29, 1.82) is 5.26 Å². The molecule has 2 amide bonds. The van der Waals surface area contributed by atoms with Crippen molar-refractivity contribution in [2.45, 2.75) is 38.5 Å². The lowest BCUT2D eigenvalue weighted by Gasteiger charge is -2.22. The van der Waals surface area contributed by atoms with E-state index in [0.29, 0.717) is 30.7 Å². The maximum Gasteiger partial charge on any atom is 0.254 e. The minimum atomic E-state index is -1.84. The fourth-order valence-corrected chi connectivity index (χ4v) is 3.49. The van der Waals surface area contributed by atoms with E-state index in [1.165, 1.54) is 11.0 Å². The van der Waals surface area contributed by atoms with Crippen LogP contribution in [0.15, 0.2) is 79.3 Å². The first-order chi connectivity index (χ1) is 17.9. The molecule has 3 rings (SSSR count). The van der Waals surface area contributed by atoms with Crippen molar-refractivity contribution in [3.63, 3.8) is 0 Å². The Morgan fingerprint density at radius 1 is 1.11 bits per heavy atom. The molecule has 1 saturated heterocycles. The molecular formula is C28H31FN4O4. The van der Waals surface area contributed by atoms with E-state index >= 15 is 0 Å². The third kappa shape index (κ3) is 9.11. The molecule has 0 aliphatic carbocycles. The molecule has 9 heteroatoms. The first kappa shape index (κ1) is 29.1. The van der Waals surface area contributed by atoms with Crippen LogP contribution in [0.3, 0.4) is 0 Å². The van der Waals surface area contributed by atoms with Gasteiger partial charge in [0.15, 0.2) is 12.2 Å². The first-order valence-corrected chi connectivity index (χ1v) is 11.8. The van der Waals surface area contributed by atoms with Gasteiger partial charge in [-0.2, -0.15) is 5.26 Å². The van der Waals surface area contributed by atoms with Crippen LogP contribution in [0.2, 0.25) is 0 Å². The van der Waals surface area contributed by atoms with E-state index in [-0.39, 0.29) is 6.54 Å². The number of benzene rings is 1. The zero-order valence-corrected chi connectivity index (χ0v) is 20.6. The molecule has 1 aromatic carbocycles. The van der Waals surface area contributed by atoms with E-state index in [1.807, 2.05) is 31.2 Å². The molecule has 1 fully saturated rings. The average Bonchev–Trinajstić information content (AvgIpc) is 3.49. The van der Waals surface area contributed by atoms with Crippen molar-refractivity contribution >= 4 is 11.8 Å². The highest BCUT2D eigenvalue weighted by Gasteiger charge is 2.34. The van der Waals surface area contributed by atoms with Crippen LogP contribution >= 0.6 is 0 Å². The number of carbonyl (C=O) groups is 2. The third-order valence-corrected chi connectivity index (χ3v) is 5.46. The Morgan fingerprint density at radius 2 is 1.81 bits per heavy atom. The Bertz CT molecular complexity index is 1140. The summed E-state index contributed by atoms with van der Waals surface area (Å²) < 4.78 is 11.2. The smallest absolute Gasteiger partial charge is 0.254 e. The highest BCUT2D eigenvalue weighted by molar-refractivity contribution is 5.90. The van der Waals surface area contributed by atoms with Gasteiger partial charge < -0.3 is 20.4 Å². The van der Waals surface area contributed by atoms with Crippen LogP contribution in [-0.4, -0.2) is 57.2 Å². The Labute approximate surface area is 216 Å². The second-order valence-corrected chi connectivity index (χ2v) is 8.06. The molecule has 8 nitrogen and oxygen atoms in total. The summed E-state index contributed by atoms with van der Waals surface area (Å²) in [6, 6.07) is 12.8. The Morgan fingerprint density at radius 3 is 2.43 bits per heavy atom. The molecule has 0 spiro atoms. The number of likely N-dealkylation sites (tertiary alicyclic amines) is 1.